The molecule has 1 aromatic carbocycles. The van der Waals surface area contributed by atoms with Gasteiger partial charge in [0, 0.05) is 25.4 Å². The molecule has 1 aromatic rings. The van der Waals surface area contributed by atoms with Gasteiger partial charge in [0.15, 0.2) is 17.5 Å². The first-order valence-corrected chi connectivity index (χ1v) is 11.6. The van der Waals surface area contributed by atoms with Crippen molar-refractivity contribution in [2.24, 2.45) is 4.99 Å². The van der Waals surface area contributed by atoms with Crippen LogP contribution in [0, 0.1) is 5.82 Å². The molecule has 0 radical (unpaired) electrons. The standard InChI is InChI=1S/C21H33FN4O2S.HI/c1-3-23-20(24-14-17(2)28-19-7-5-4-6-18(19)22)25-15-21(8-13-29-16-21)26-9-11-27-12-10-26;/h4-7,17H,3,8-16H2,1-2H3,(H2,23,24,25);1H. The predicted octanol–water partition coefficient (Wildman–Crippen LogP) is 2.97. The number of morpholine rings is 1. The molecule has 30 heavy (non-hydrogen) atoms. The van der Waals surface area contributed by atoms with E-state index in [4.69, 9.17) is 14.5 Å². The van der Waals surface area contributed by atoms with Gasteiger partial charge in [-0.2, -0.15) is 11.8 Å². The number of thioether (sulfide) groups is 1. The number of aliphatic imine (C=N–C) groups is 1. The Labute approximate surface area is 200 Å². The molecule has 2 fully saturated rings. The first kappa shape index (κ1) is 25.5. The fourth-order valence-electron chi connectivity index (χ4n) is 3.72. The topological polar surface area (TPSA) is 58.1 Å². The Morgan fingerprint density at radius 3 is 2.77 bits per heavy atom. The van der Waals surface area contributed by atoms with Crippen molar-refractivity contribution < 1.29 is 13.9 Å². The molecule has 3 rings (SSSR count). The minimum Gasteiger partial charge on any atom is -0.486 e. The molecule has 2 heterocycles. The van der Waals surface area contributed by atoms with Crippen LogP contribution in [0.4, 0.5) is 4.39 Å². The van der Waals surface area contributed by atoms with Crippen molar-refractivity contribution in [3.05, 3.63) is 30.1 Å². The summed E-state index contributed by atoms with van der Waals surface area (Å²) >= 11 is 2.01. The summed E-state index contributed by atoms with van der Waals surface area (Å²) in [4.78, 5) is 7.47. The molecule has 0 amide bonds. The number of ether oxygens (including phenoxy) is 2. The quantitative estimate of drug-likeness (QED) is 0.294. The van der Waals surface area contributed by atoms with Gasteiger partial charge in [0.2, 0.25) is 0 Å². The average Bonchev–Trinajstić information content (AvgIpc) is 3.23. The first-order chi connectivity index (χ1) is 14.1. The van der Waals surface area contributed by atoms with Crippen LogP contribution in [-0.4, -0.2) is 79.9 Å². The van der Waals surface area contributed by atoms with E-state index in [2.05, 4.69) is 22.5 Å². The van der Waals surface area contributed by atoms with Crippen LogP contribution < -0.4 is 15.4 Å². The van der Waals surface area contributed by atoms with Gasteiger partial charge in [0.05, 0.1) is 31.8 Å². The van der Waals surface area contributed by atoms with Crippen LogP contribution in [-0.2, 0) is 4.74 Å². The van der Waals surface area contributed by atoms with E-state index in [9.17, 15) is 4.39 Å². The number of halogens is 2. The fraction of sp³-hybridized carbons (Fsp3) is 0.667. The van der Waals surface area contributed by atoms with Crippen molar-refractivity contribution in [1.82, 2.24) is 15.5 Å². The number of hydrogen-bond acceptors (Lipinski definition) is 5. The zero-order valence-corrected chi connectivity index (χ0v) is 21.0. The fourth-order valence-corrected chi connectivity index (χ4v) is 5.18. The maximum absolute atomic E-state index is 13.8. The van der Waals surface area contributed by atoms with E-state index < -0.39 is 0 Å². The third-order valence-electron chi connectivity index (χ3n) is 5.36. The Morgan fingerprint density at radius 2 is 2.10 bits per heavy atom. The number of rotatable bonds is 8. The highest BCUT2D eigenvalue weighted by molar-refractivity contribution is 14.0. The lowest BCUT2D eigenvalue weighted by molar-refractivity contribution is -0.0104. The second kappa shape index (κ2) is 12.9. The van der Waals surface area contributed by atoms with Crippen LogP contribution in [0.3, 0.4) is 0 Å². The van der Waals surface area contributed by atoms with E-state index in [1.165, 1.54) is 11.8 Å². The second-order valence-corrected chi connectivity index (χ2v) is 8.67. The van der Waals surface area contributed by atoms with Gasteiger partial charge in [0.1, 0.15) is 6.10 Å². The van der Waals surface area contributed by atoms with Crippen molar-refractivity contribution in [3.8, 4) is 5.75 Å². The highest BCUT2D eigenvalue weighted by Crippen LogP contribution is 2.34. The molecule has 9 heteroatoms. The lowest BCUT2D eigenvalue weighted by Crippen LogP contribution is -2.56. The summed E-state index contributed by atoms with van der Waals surface area (Å²) in [7, 11) is 0. The van der Waals surface area contributed by atoms with Gasteiger partial charge in [-0.05, 0) is 38.2 Å². The van der Waals surface area contributed by atoms with Gasteiger partial charge < -0.3 is 20.1 Å². The number of hydrogen-bond donors (Lipinski definition) is 2. The van der Waals surface area contributed by atoms with E-state index >= 15 is 0 Å². The summed E-state index contributed by atoms with van der Waals surface area (Å²) < 4.78 is 25.0. The third-order valence-corrected chi connectivity index (χ3v) is 6.60. The molecule has 2 saturated heterocycles. The highest BCUT2D eigenvalue weighted by Gasteiger charge is 2.40. The van der Waals surface area contributed by atoms with Crippen LogP contribution in [0.2, 0.25) is 0 Å². The predicted molar refractivity (Wildman–Crippen MR) is 133 cm³/mol. The zero-order chi connectivity index (χ0) is 20.5. The SMILES string of the molecule is CCNC(=NCC1(N2CCOCC2)CCSC1)NCC(C)Oc1ccccc1F.I. The molecule has 2 aliphatic heterocycles. The maximum atomic E-state index is 13.8. The lowest BCUT2D eigenvalue weighted by Gasteiger charge is -2.42. The van der Waals surface area contributed by atoms with Crippen LogP contribution in [0.5, 0.6) is 5.75 Å². The Morgan fingerprint density at radius 1 is 1.33 bits per heavy atom. The number of nitrogens with zero attached hydrogens (tertiary/aromatic N) is 2. The Hall–Kier alpha value is -0.780. The number of para-hydroxylation sites is 1. The number of benzene rings is 1. The van der Waals surface area contributed by atoms with E-state index in [0.717, 1.165) is 57.5 Å². The minimum absolute atomic E-state index is 0. The molecular weight excluding hydrogens is 518 g/mol. The third kappa shape index (κ3) is 7.13. The molecule has 6 nitrogen and oxygen atoms in total. The minimum atomic E-state index is -0.342. The smallest absolute Gasteiger partial charge is 0.191 e. The molecule has 2 N–H and O–H groups in total. The van der Waals surface area contributed by atoms with Crippen molar-refractivity contribution in [1.29, 1.82) is 0 Å². The number of nitrogens with one attached hydrogen (secondary N) is 2. The molecular formula is C21H34FIN4O2S. The summed E-state index contributed by atoms with van der Waals surface area (Å²) in [6.45, 7) is 9.64. The van der Waals surface area contributed by atoms with Gasteiger partial charge in [-0.1, -0.05) is 12.1 Å². The van der Waals surface area contributed by atoms with Crippen LogP contribution >= 0.6 is 35.7 Å². The molecule has 2 atom stereocenters. The molecule has 170 valence electrons. The summed E-state index contributed by atoms with van der Waals surface area (Å²) in [6, 6.07) is 6.49. The van der Waals surface area contributed by atoms with Gasteiger partial charge in [0.25, 0.3) is 0 Å². The monoisotopic (exact) mass is 552 g/mol. The summed E-state index contributed by atoms with van der Waals surface area (Å²) in [5, 5.41) is 6.66. The maximum Gasteiger partial charge on any atom is 0.191 e. The van der Waals surface area contributed by atoms with Gasteiger partial charge in [-0.15, -0.1) is 24.0 Å². The summed E-state index contributed by atoms with van der Waals surface area (Å²) in [5.74, 6) is 3.01. The van der Waals surface area contributed by atoms with Gasteiger partial charge in [-0.3, -0.25) is 9.89 Å². The molecule has 0 saturated carbocycles. The number of guanidine groups is 1. The molecule has 2 aliphatic rings. The second-order valence-electron chi connectivity index (χ2n) is 7.56. The summed E-state index contributed by atoms with van der Waals surface area (Å²) in [5.41, 5.74) is 0.117. The van der Waals surface area contributed by atoms with E-state index in [-0.39, 0.29) is 47.2 Å². The Kier molecular flexibility index (Phi) is 11.0. The Balaban J connectivity index is 0.00000320. The normalized spacial score (nSPS) is 23.5. The van der Waals surface area contributed by atoms with Crippen molar-refractivity contribution in [3.63, 3.8) is 0 Å². The van der Waals surface area contributed by atoms with E-state index in [0.29, 0.717) is 6.54 Å². The van der Waals surface area contributed by atoms with Gasteiger partial charge >= 0.3 is 0 Å². The zero-order valence-electron chi connectivity index (χ0n) is 17.9. The van der Waals surface area contributed by atoms with Crippen molar-refractivity contribution in [2.75, 3.05) is 57.4 Å². The van der Waals surface area contributed by atoms with Crippen molar-refractivity contribution in [2.45, 2.75) is 31.9 Å². The van der Waals surface area contributed by atoms with Crippen LogP contribution in [0.25, 0.3) is 0 Å². The van der Waals surface area contributed by atoms with Gasteiger partial charge in [-0.25, -0.2) is 4.39 Å². The molecule has 0 aliphatic carbocycles. The summed E-state index contributed by atoms with van der Waals surface area (Å²) in [6.07, 6.45) is 0.971. The average molecular weight is 552 g/mol. The largest absolute Gasteiger partial charge is 0.486 e. The van der Waals surface area contributed by atoms with E-state index in [1.54, 1.807) is 18.2 Å². The van der Waals surface area contributed by atoms with Crippen LogP contribution in [0.1, 0.15) is 20.3 Å². The molecule has 2 unspecified atom stereocenters. The Bertz CT molecular complexity index is 670. The first-order valence-electron chi connectivity index (χ1n) is 10.5. The molecule has 0 bridgehead atoms. The van der Waals surface area contributed by atoms with Crippen molar-refractivity contribution >= 4 is 41.7 Å². The highest BCUT2D eigenvalue weighted by atomic mass is 127. The van der Waals surface area contributed by atoms with Crippen LogP contribution in [0.15, 0.2) is 29.3 Å². The molecule has 0 aromatic heterocycles. The lowest BCUT2D eigenvalue weighted by atomic mass is 9.96. The van der Waals surface area contributed by atoms with E-state index in [1.807, 2.05) is 18.7 Å². The molecule has 0 spiro atoms.